The van der Waals surface area contributed by atoms with Crippen LogP contribution in [0, 0.1) is 0 Å². The van der Waals surface area contributed by atoms with Gasteiger partial charge in [0.05, 0.1) is 5.41 Å². The molecule has 1 nitrogen and oxygen atoms in total. The topological polar surface area (TPSA) is 3.24 Å². The summed E-state index contributed by atoms with van der Waals surface area (Å²) >= 11 is 0. The molecule has 1 atom stereocenters. The first kappa shape index (κ1) is 28.0. The molecule has 0 radical (unpaired) electrons. The Bertz CT molecular complexity index is 2930. The Morgan fingerprint density at radius 3 is 1.48 bits per heavy atom. The van der Waals surface area contributed by atoms with Crippen molar-refractivity contribution in [2.24, 2.45) is 0 Å². The zero-order chi connectivity index (χ0) is 34.0. The molecule has 0 fully saturated rings. The minimum Gasteiger partial charge on any atom is -0.310 e. The van der Waals surface area contributed by atoms with Gasteiger partial charge >= 0.3 is 0 Å². The molecule has 240 valence electrons. The highest BCUT2D eigenvalue weighted by Crippen LogP contribution is 2.70. The number of anilines is 3. The van der Waals surface area contributed by atoms with Crippen molar-refractivity contribution >= 4 is 38.6 Å². The third-order valence-corrected chi connectivity index (χ3v) is 11.9. The van der Waals surface area contributed by atoms with E-state index < -0.39 is 0 Å². The van der Waals surface area contributed by atoms with Gasteiger partial charge in [0.15, 0.2) is 0 Å². The Hall–Kier alpha value is -6.70. The third kappa shape index (κ3) is 3.57. The van der Waals surface area contributed by atoms with Gasteiger partial charge in [0.2, 0.25) is 0 Å². The quantitative estimate of drug-likeness (QED) is 0.182. The molecule has 9 aromatic rings. The van der Waals surface area contributed by atoms with Crippen LogP contribution in [-0.4, -0.2) is 0 Å². The van der Waals surface area contributed by atoms with E-state index in [2.05, 4.69) is 193 Å². The summed E-state index contributed by atoms with van der Waals surface area (Å²) in [7, 11) is 0. The van der Waals surface area contributed by atoms with Gasteiger partial charge in [-0.05, 0) is 131 Å². The van der Waals surface area contributed by atoms with E-state index in [-0.39, 0.29) is 5.41 Å². The second-order valence-corrected chi connectivity index (χ2v) is 14.5. The molecule has 1 unspecified atom stereocenters. The molecule has 9 aromatic carbocycles. The summed E-state index contributed by atoms with van der Waals surface area (Å²) in [6.07, 6.45) is 0. The lowest BCUT2D eigenvalue weighted by Gasteiger charge is -2.30. The van der Waals surface area contributed by atoms with Crippen molar-refractivity contribution in [3.05, 3.63) is 210 Å². The van der Waals surface area contributed by atoms with Crippen LogP contribution in [0.5, 0.6) is 0 Å². The Kier molecular flexibility index (Phi) is 5.49. The lowest BCUT2D eigenvalue weighted by Crippen LogP contribution is -2.23. The molecule has 1 spiro atoms. The van der Waals surface area contributed by atoms with Gasteiger partial charge in [-0.25, -0.2) is 0 Å². The van der Waals surface area contributed by atoms with Crippen molar-refractivity contribution in [1.82, 2.24) is 0 Å². The Balaban J connectivity index is 1.08. The number of nitrogens with zero attached hydrogens (tertiary/aromatic N) is 1. The van der Waals surface area contributed by atoms with Crippen LogP contribution < -0.4 is 4.90 Å². The second kappa shape index (κ2) is 10.2. The maximum Gasteiger partial charge on any atom is 0.0738 e. The van der Waals surface area contributed by atoms with Crippen molar-refractivity contribution < 1.29 is 0 Å². The SMILES string of the molecule is c1ccc2c(c1)-c1cccc3c1C21c2cc(N(c4ccc(-c5ccc6ccccc6c5)cc4)c4ccc5ccccc5c4)ccc2-c2cccc-3c21. The molecule has 1 heteroatoms. The molecule has 52 heavy (non-hydrogen) atoms. The fraction of sp³-hybridized carbons (Fsp3) is 0.0196. The van der Waals surface area contributed by atoms with Gasteiger partial charge in [0, 0.05) is 17.1 Å². The Morgan fingerprint density at radius 2 is 0.769 bits per heavy atom. The van der Waals surface area contributed by atoms with E-state index >= 15 is 0 Å². The first-order valence-corrected chi connectivity index (χ1v) is 18.2. The molecule has 12 rings (SSSR count). The highest BCUT2D eigenvalue weighted by molar-refractivity contribution is 6.06. The largest absolute Gasteiger partial charge is 0.310 e. The first-order valence-electron chi connectivity index (χ1n) is 18.2. The Labute approximate surface area is 302 Å². The van der Waals surface area contributed by atoms with E-state index in [9.17, 15) is 0 Å². The fourth-order valence-electron chi connectivity index (χ4n) is 9.82. The fourth-order valence-corrected chi connectivity index (χ4v) is 9.82. The zero-order valence-corrected chi connectivity index (χ0v) is 28.3. The van der Waals surface area contributed by atoms with Gasteiger partial charge in [0.25, 0.3) is 0 Å². The van der Waals surface area contributed by atoms with Crippen LogP contribution >= 0.6 is 0 Å². The van der Waals surface area contributed by atoms with Crippen LogP contribution in [0.15, 0.2) is 188 Å². The van der Waals surface area contributed by atoms with Crippen molar-refractivity contribution in [3.8, 4) is 44.5 Å². The molecular formula is C51H31N. The van der Waals surface area contributed by atoms with Crippen LogP contribution in [0.1, 0.15) is 22.3 Å². The van der Waals surface area contributed by atoms with E-state index in [1.54, 1.807) is 0 Å². The summed E-state index contributed by atoms with van der Waals surface area (Å²) in [5.74, 6) is 0. The summed E-state index contributed by atoms with van der Waals surface area (Å²) in [6.45, 7) is 0. The van der Waals surface area contributed by atoms with Crippen LogP contribution in [0.4, 0.5) is 17.1 Å². The smallest absolute Gasteiger partial charge is 0.0738 e. The number of hydrogen-bond donors (Lipinski definition) is 0. The highest BCUT2D eigenvalue weighted by Gasteiger charge is 2.57. The summed E-state index contributed by atoms with van der Waals surface area (Å²) in [4.78, 5) is 2.44. The molecule has 0 saturated heterocycles. The van der Waals surface area contributed by atoms with Gasteiger partial charge in [-0.1, -0.05) is 146 Å². The van der Waals surface area contributed by atoms with Gasteiger partial charge in [0.1, 0.15) is 0 Å². The lowest BCUT2D eigenvalue weighted by atomic mass is 9.73. The summed E-state index contributed by atoms with van der Waals surface area (Å²) < 4.78 is 0. The summed E-state index contributed by atoms with van der Waals surface area (Å²) in [5.41, 5.74) is 19.4. The average Bonchev–Trinajstić information content (AvgIpc) is 3.81. The first-order chi connectivity index (χ1) is 25.8. The molecule has 0 N–H and O–H groups in total. The molecule has 0 saturated carbocycles. The van der Waals surface area contributed by atoms with E-state index in [1.165, 1.54) is 88.3 Å². The number of hydrogen-bond acceptors (Lipinski definition) is 1. The summed E-state index contributed by atoms with van der Waals surface area (Å²) in [6, 6.07) is 70.1. The van der Waals surface area contributed by atoms with E-state index in [0.29, 0.717) is 0 Å². The van der Waals surface area contributed by atoms with Gasteiger partial charge in [-0.15, -0.1) is 0 Å². The molecule has 0 aromatic heterocycles. The molecular weight excluding hydrogens is 627 g/mol. The van der Waals surface area contributed by atoms with Crippen LogP contribution in [0.25, 0.3) is 66.1 Å². The zero-order valence-electron chi connectivity index (χ0n) is 28.3. The molecule has 3 aliphatic carbocycles. The molecule has 3 aliphatic rings. The maximum atomic E-state index is 2.50. The van der Waals surface area contributed by atoms with E-state index in [0.717, 1.165) is 17.1 Å². The average molecular weight is 658 g/mol. The molecule has 0 bridgehead atoms. The van der Waals surface area contributed by atoms with Crippen molar-refractivity contribution in [1.29, 1.82) is 0 Å². The van der Waals surface area contributed by atoms with Crippen molar-refractivity contribution in [3.63, 3.8) is 0 Å². The highest BCUT2D eigenvalue weighted by atomic mass is 15.1. The third-order valence-electron chi connectivity index (χ3n) is 11.9. The molecule has 0 aliphatic heterocycles. The molecule has 0 amide bonds. The van der Waals surface area contributed by atoms with E-state index in [4.69, 9.17) is 0 Å². The van der Waals surface area contributed by atoms with Gasteiger partial charge in [-0.3, -0.25) is 0 Å². The minimum absolute atomic E-state index is 0.325. The van der Waals surface area contributed by atoms with Crippen molar-refractivity contribution in [2.75, 3.05) is 4.90 Å². The normalized spacial score (nSPS) is 15.4. The van der Waals surface area contributed by atoms with Crippen LogP contribution in [0.2, 0.25) is 0 Å². The predicted molar refractivity (Wildman–Crippen MR) is 217 cm³/mol. The number of fused-ring (bicyclic) bond motifs is 7. The minimum atomic E-state index is -0.325. The lowest BCUT2D eigenvalue weighted by molar-refractivity contribution is 0.818. The van der Waals surface area contributed by atoms with Crippen molar-refractivity contribution in [2.45, 2.75) is 5.41 Å². The van der Waals surface area contributed by atoms with Gasteiger partial charge in [-0.2, -0.15) is 0 Å². The number of benzene rings is 9. The van der Waals surface area contributed by atoms with E-state index in [1.807, 2.05) is 0 Å². The maximum absolute atomic E-state index is 2.50. The standard InChI is InChI=1S/C51H31N/c1-3-11-35-29-37(20-19-32(35)9-1)34-21-24-38(25-22-34)52(39-26-23-33-10-2-4-12-36(33)30-39)40-27-28-42-44-15-8-17-46-45-16-7-14-43-41-13-5-6-18-47(41)51(49(43)45,50(44)46)48(42)31-40/h1-31H. The second-order valence-electron chi connectivity index (χ2n) is 14.5. The molecule has 0 heterocycles. The Morgan fingerprint density at radius 1 is 0.288 bits per heavy atom. The van der Waals surface area contributed by atoms with Crippen LogP contribution in [-0.2, 0) is 5.41 Å². The number of rotatable bonds is 4. The van der Waals surface area contributed by atoms with Crippen LogP contribution in [0.3, 0.4) is 0 Å². The summed E-state index contributed by atoms with van der Waals surface area (Å²) in [5, 5.41) is 4.99. The monoisotopic (exact) mass is 657 g/mol. The predicted octanol–water partition coefficient (Wildman–Crippen LogP) is 13.5. The van der Waals surface area contributed by atoms with Gasteiger partial charge < -0.3 is 4.90 Å².